The average Bonchev–Trinajstić information content (AvgIpc) is 2.85. The third-order valence-electron chi connectivity index (χ3n) is 5.76. The highest BCUT2D eigenvalue weighted by molar-refractivity contribution is 7.92. The Hall–Kier alpha value is -4.30. The third kappa shape index (κ3) is 5.50. The van der Waals surface area contributed by atoms with Crippen LogP contribution in [0.2, 0.25) is 0 Å². The number of amides is 1. The minimum atomic E-state index is -3.81. The smallest absolute Gasteiger partial charge is 0.261 e. The van der Waals surface area contributed by atoms with Crippen LogP contribution in [0.15, 0.2) is 89.8 Å². The zero-order valence-electron chi connectivity index (χ0n) is 19.8. The minimum Gasteiger partial charge on any atom is -0.507 e. The number of anilines is 2. The van der Waals surface area contributed by atoms with Crippen LogP contribution in [0.25, 0.3) is 0 Å². The van der Waals surface area contributed by atoms with Gasteiger partial charge in [0.05, 0.1) is 10.5 Å². The van der Waals surface area contributed by atoms with Gasteiger partial charge in [0.15, 0.2) is 0 Å². The lowest BCUT2D eigenvalue weighted by atomic mass is 9.97. The number of sulfonamides is 1. The standard InChI is InChI=1S/C28H26N2O5S/c1-18-7-6-10-23(15-18)30-36(34,35)24-13-11-22(12-14-24)29-28(33)25-17-21(26(31)19(2)27(25)32)16-20-8-4-3-5-9-20/h3-15,17,30-32H,16H2,1-2H3,(H,29,33). The number of carbonyl (C=O) groups is 1. The van der Waals surface area contributed by atoms with Crippen LogP contribution in [0.4, 0.5) is 11.4 Å². The number of carbonyl (C=O) groups excluding carboxylic acids is 1. The molecule has 0 saturated heterocycles. The van der Waals surface area contributed by atoms with Crippen LogP contribution in [0.5, 0.6) is 11.5 Å². The van der Waals surface area contributed by atoms with Gasteiger partial charge >= 0.3 is 0 Å². The van der Waals surface area contributed by atoms with Gasteiger partial charge in [0.2, 0.25) is 0 Å². The maximum atomic E-state index is 13.0. The van der Waals surface area contributed by atoms with Crippen LogP contribution in [0.1, 0.15) is 32.6 Å². The summed E-state index contributed by atoms with van der Waals surface area (Å²) in [5.41, 5.74) is 3.39. The summed E-state index contributed by atoms with van der Waals surface area (Å²) in [5, 5.41) is 23.7. The van der Waals surface area contributed by atoms with Crippen LogP contribution >= 0.6 is 0 Å². The number of benzene rings is 4. The second-order valence-electron chi connectivity index (χ2n) is 8.52. The lowest BCUT2D eigenvalue weighted by Crippen LogP contribution is -2.15. The van der Waals surface area contributed by atoms with Gasteiger partial charge in [-0.05, 0) is 73.0 Å². The van der Waals surface area contributed by atoms with Crippen LogP contribution in [0, 0.1) is 13.8 Å². The molecule has 4 aromatic rings. The van der Waals surface area contributed by atoms with Gasteiger partial charge in [0.25, 0.3) is 15.9 Å². The van der Waals surface area contributed by atoms with Crippen molar-refractivity contribution in [1.29, 1.82) is 0 Å². The molecule has 0 aromatic heterocycles. The molecule has 0 atom stereocenters. The Morgan fingerprint density at radius 1 is 0.806 bits per heavy atom. The lowest BCUT2D eigenvalue weighted by Gasteiger charge is -2.14. The number of hydrogen-bond acceptors (Lipinski definition) is 5. The molecule has 0 aliphatic carbocycles. The summed E-state index contributed by atoms with van der Waals surface area (Å²) in [7, 11) is -3.81. The second kappa shape index (κ2) is 10.1. The van der Waals surface area contributed by atoms with Gasteiger partial charge in [0, 0.05) is 23.4 Å². The lowest BCUT2D eigenvalue weighted by molar-refractivity contribution is 0.102. The van der Waals surface area contributed by atoms with E-state index in [-0.39, 0.29) is 27.5 Å². The molecule has 36 heavy (non-hydrogen) atoms. The molecule has 4 N–H and O–H groups in total. The molecule has 4 rings (SSSR count). The summed E-state index contributed by atoms with van der Waals surface area (Å²) in [5.74, 6) is -0.967. The first-order valence-electron chi connectivity index (χ1n) is 11.2. The van der Waals surface area contributed by atoms with E-state index in [4.69, 9.17) is 0 Å². The van der Waals surface area contributed by atoms with Crippen LogP contribution < -0.4 is 10.0 Å². The van der Waals surface area contributed by atoms with Crippen molar-refractivity contribution in [2.24, 2.45) is 0 Å². The average molecular weight is 503 g/mol. The molecule has 0 radical (unpaired) electrons. The van der Waals surface area contributed by atoms with Gasteiger partial charge in [0.1, 0.15) is 11.5 Å². The number of phenolic OH excluding ortho intramolecular Hbond substituents is 2. The first-order chi connectivity index (χ1) is 17.1. The van der Waals surface area contributed by atoms with Gasteiger partial charge < -0.3 is 15.5 Å². The van der Waals surface area contributed by atoms with Crippen LogP contribution in [-0.4, -0.2) is 24.5 Å². The molecule has 0 heterocycles. The SMILES string of the molecule is Cc1cccc(NS(=O)(=O)c2ccc(NC(=O)c3cc(Cc4ccccc4)c(O)c(C)c3O)cc2)c1. The fourth-order valence-electron chi connectivity index (χ4n) is 3.83. The summed E-state index contributed by atoms with van der Waals surface area (Å²) in [4.78, 5) is 13.0. The zero-order valence-corrected chi connectivity index (χ0v) is 20.6. The number of aromatic hydroxyl groups is 2. The Balaban J connectivity index is 1.53. The fourth-order valence-corrected chi connectivity index (χ4v) is 4.88. The van der Waals surface area contributed by atoms with Crippen molar-refractivity contribution in [2.75, 3.05) is 10.0 Å². The normalized spacial score (nSPS) is 11.2. The molecule has 4 aromatic carbocycles. The number of rotatable bonds is 7. The molecular formula is C28H26N2O5S. The van der Waals surface area contributed by atoms with E-state index in [1.165, 1.54) is 37.3 Å². The third-order valence-corrected chi connectivity index (χ3v) is 7.16. The van der Waals surface area contributed by atoms with Crippen LogP contribution in [0.3, 0.4) is 0 Å². The molecule has 0 aliphatic heterocycles. The number of aryl methyl sites for hydroxylation is 1. The molecule has 184 valence electrons. The number of nitrogens with one attached hydrogen (secondary N) is 2. The van der Waals surface area contributed by atoms with E-state index < -0.39 is 15.9 Å². The number of phenols is 2. The maximum absolute atomic E-state index is 13.0. The molecule has 0 unspecified atom stereocenters. The highest BCUT2D eigenvalue weighted by Gasteiger charge is 2.20. The second-order valence-corrected chi connectivity index (χ2v) is 10.2. The molecule has 8 heteroatoms. The molecule has 0 aliphatic rings. The summed E-state index contributed by atoms with van der Waals surface area (Å²) >= 11 is 0. The monoisotopic (exact) mass is 502 g/mol. The Morgan fingerprint density at radius 2 is 1.50 bits per heavy atom. The van der Waals surface area contributed by atoms with Gasteiger partial charge in [-0.1, -0.05) is 42.5 Å². The quantitative estimate of drug-likeness (QED) is 0.272. The van der Waals surface area contributed by atoms with E-state index >= 15 is 0 Å². The fraction of sp³-hybridized carbons (Fsp3) is 0.107. The molecule has 7 nitrogen and oxygen atoms in total. The van der Waals surface area contributed by atoms with Crippen molar-refractivity contribution in [3.8, 4) is 11.5 Å². The highest BCUT2D eigenvalue weighted by atomic mass is 32.2. The zero-order chi connectivity index (χ0) is 25.9. The van der Waals surface area contributed by atoms with E-state index in [2.05, 4.69) is 10.0 Å². The minimum absolute atomic E-state index is 0.00837. The summed E-state index contributed by atoms with van der Waals surface area (Å²) in [6.07, 6.45) is 0.384. The summed E-state index contributed by atoms with van der Waals surface area (Å²) < 4.78 is 28.0. The van der Waals surface area contributed by atoms with E-state index in [1.807, 2.05) is 43.3 Å². The van der Waals surface area contributed by atoms with Gasteiger partial charge in [-0.2, -0.15) is 0 Å². The van der Waals surface area contributed by atoms with Gasteiger partial charge in [-0.25, -0.2) is 8.42 Å². The van der Waals surface area contributed by atoms with Gasteiger partial charge in [-0.3, -0.25) is 9.52 Å². The van der Waals surface area contributed by atoms with Crippen molar-refractivity contribution >= 4 is 27.3 Å². The maximum Gasteiger partial charge on any atom is 0.261 e. The molecule has 0 bridgehead atoms. The summed E-state index contributed by atoms with van der Waals surface area (Å²) in [6.45, 7) is 3.41. The van der Waals surface area contributed by atoms with Crippen molar-refractivity contribution in [3.05, 3.63) is 113 Å². The summed E-state index contributed by atoms with van der Waals surface area (Å²) in [6, 6.07) is 23.7. The topological polar surface area (TPSA) is 116 Å². The highest BCUT2D eigenvalue weighted by Crippen LogP contribution is 2.35. The van der Waals surface area contributed by atoms with E-state index in [0.717, 1.165) is 11.1 Å². The van der Waals surface area contributed by atoms with Crippen LogP contribution in [-0.2, 0) is 16.4 Å². The Kier molecular flexibility index (Phi) is 6.98. The number of hydrogen-bond donors (Lipinski definition) is 4. The predicted octanol–water partition coefficient (Wildman–Crippen LogP) is 5.36. The molecule has 0 saturated carbocycles. The van der Waals surface area contributed by atoms with Gasteiger partial charge in [-0.15, -0.1) is 0 Å². The first kappa shape index (κ1) is 24.8. The van der Waals surface area contributed by atoms with E-state index in [1.54, 1.807) is 18.2 Å². The van der Waals surface area contributed by atoms with E-state index in [0.29, 0.717) is 23.4 Å². The molecular weight excluding hydrogens is 476 g/mol. The first-order valence-corrected chi connectivity index (χ1v) is 12.7. The Bertz CT molecular complexity index is 1520. The van der Waals surface area contributed by atoms with Crippen molar-refractivity contribution < 1.29 is 23.4 Å². The molecule has 0 fully saturated rings. The predicted molar refractivity (Wildman–Crippen MR) is 140 cm³/mol. The molecule has 1 amide bonds. The van der Waals surface area contributed by atoms with Crippen molar-refractivity contribution in [3.63, 3.8) is 0 Å². The Morgan fingerprint density at radius 3 is 2.17 bits per heavy atom. The van der Waals surface area contributed by atoms with E-state index in [9.17, 15) is 23.4 Å². The van der Waals surface area contributed by atoms with Crippen molar-refractivity contribution in [2.45, 2.75) is 25.2 Å². The molecule has 0 spiro atoms. The van der Waals surface area contributed by atoms with Crippen molar-refractivity contribution in [1.82, 2.24) is 0 Å². The largest absolute Gasteiger partial charge is 0.507 e. The Labute approximate surface area is 210 Å².